The summed E-state index contributed by atoms with van der Waals surface area (Å²) in [7, 11) is 0. The second-order valence-corrected chi connectivity index (χ2v) is 8.70. The summed E-state index contributed by atoms with van der Waals surface area (Å²) in [6.45, 7) is 5.07. The molecule has 4 rings (SSSR count). The summed E-state index contributed by atoms with van der Waals surface area (Å²) in [5.41, 5.74) is 7.38. The van der Waals surface area contributed by atoms with Crippen LogP contribution >= 0.6 is 11.3 Å². The van der Waals surface area contributed by atoms with Gasteiger partial charge in [-0.15, -0.1) is 11.3 Å². The molecule has 0 atom stereocenters. The van der Waals surface area contributed by atoms with Gasteiger partial charge < -0.3 is 10.6 Å². The molecule has 0 saturated carbocycles. The first-order valence-corrected chi connectivity index (χ1v) is 9.97. The van der Waals surface area contributed by atoms with E-state index in [9.17, 15) is 4.79 Å². The quantitative estimate of drug-likeness (QED) is 0.627. The van der Waals surface area contributed by atoms with Crippen LogP contribution in [0.25, 0.3) is 11.3 Å². The van der Waals surface area contributed by atoms with Crippen molar-refractivity contribution < 1.29 is 4.79 Å². The Balaban J connectivity index is 1.47. The third-order valence-corrected chi connectivity index (χ3v) is 5.74. The van der Waals surface area contributed by atoms with Crippen molar-refractivity contribution in [3.63, 3.8) is 0 Å². The number of thiazole rings is 1. The Hall–Kier alpha value is -2.67. The number of aromatic nitrogens is 3. The summed E-state index contributed by atoms with van der Waals surface area (Å²) >= 11 is 1.52. The van der Waals surface area contributed by atoms with Crippen LogP contribution in [0, 0.1) is 5.41 Å². The summed E-state index contributed by atoms with van der Waals surface area (Å²) in [6, 6.07) is 7.62. The largest absolute Gasteiger partial charge is 0.333 e. The second-order valence-electron chi connectivity index (χ2n) is 7.73. The summed E-state index contributed by atoms with van der Waals surface area (Å²) in [4.78, 5) is 17.2. The maximum atomic E-state index is 12.1. The molecular formula is C20H23N5OS. The highest BCUT2D eigenvalue weighted by molar-refractivity contribution is 7.09. The lowest BCUT2D eigenvalue weighted by atomic mass is 9.76. The standard InChI is InChI=1S/C20H23N5OS/c1-20(2)7-6-16-17(9-20)24-25-18(16)13-4-3-5-14(8-13)23-19(26)22-11-15-10-21-12-27-15/h3-5,8,10,12H,6-7,9,11H2,1-2H3,(H,24,25)(H2,22,23,26). The lowest BCUT2D eigenvalue weighted by molar-refractivity contribution is 0.252. The third-order valence-electron chi connectivity index (χ3n) is 4.96. The van der Waals surface area contributed by atoms with Crippen LogP contribution in [0.5, 0.6) is 0 Å². The number of anilines is 1. The van der Waals surface area contributed by atoms with Gasteiger partial charge >= 0.3 is 6.03 Å². The van der Waals surface area contributed by atoms with Gasteiger partial charge in [0.2, 0.25) is 0 Å². The van der Waals surface area contributed by atoms with Crippen molar-refractivity contribution in [2.45, 2.75) is 39.7 Å². The van der Waals surface area contributed by atoms with Gasteiger partial charge in [-0.25, -0.2) is 4.79 Å². The number of amides is 2. The van der Waals surface area contributed by atoms with Gasteiger partial charge in [0.15, 0.2) is 0 Å². The molecule has 2 heterocycles. The smallest absolute Gasteiger partial charge is 0.319 e. The van der Waals surface area contributed by atoms with E-state index in [1.807, 2.05) is 24.3 Å². The number of nitrogens with zero attached hydrogens (tertiary/aromatic N) is 2. The Kier molecular flexibility index (Phi) is 4.70. The molecular weight excluding hydrogens is 358 g/mol. The van der Waals surface area contributed by atoms with Gasteiger partial charge in [0.1, 0.15) is 0 Å². The number of hydrogen-bond acceptors (Lipinski definition) is 4. The molecule has 0 saturated heterocycles. The van der Waals surface area contributed by atoms with Crippen LogP contribution in [-0.4, -0.2) is 21.2 Å². The average Bonchev–Trinajstić information content (AvgIpc) is 3.28. The highest BCUT2D eigenvalue weighted by atomic mass is 32.1. The van der Waals surface area contributed by atoms with Crippen molar-refractivity contribution in [1.29, 1.82) is 0 Å². The highest BCUT2D eigenvalue weighted by Crippen LogP contribution is 2.38. The monoisotopic (exact) mass is 381 g/mol. The number of carbonyl (C=O) groups excluding carboxylic acids is 1. The molecule has 27 heavy (non-hydrogen) atoms. The molecule has 1 aromatic carbocycles. The van der Waals surface area contributed by atoms with Gasteiger partial charge in [-0.3, -0.25) is 10.1 Å². The van der Waals surface area contributed by atoms with Crippen molar-refractivity contribution in [2.24, 2.45) is 5.41 Å². The van der Waals surface area contributed by atoms with Crippen LogP contribution in [0.2, 0.25) is 0 Å². The zero-order chi connectivity index (χ0) is 18.9. The Morgan fingerprint density at radius 3 is 3.07 bits per heavy atom. The summed E-state index contributed by atoms with van der Waals surface area (Å²) in [6.07, 6.45) is 4.96. The van der Waals surface area contributed by atoms with Crippen molar-refractivity contribution >= 4 is 23.1 Å². The van der Waals surface area contributed by atoms with Gasteiger partial charge in [0, 0.05) is 33.6 Å². The van der Waals surface area contributed by atoms with Gasteiger partial charge in [-0.05, 0) is 36.8 Å². The van der Waals surface area contributed by atoms with Crippen LogP contribution in [0.1, 0.15) is 36.4 Å². The fraction of sp³-hybridized carbons (Fsp3) is 0.350. The number of fused-ring (bicyclic) bond motifs is 1. The SMILES string of the molecule is CC1(C)CCc2c(-c3cccc(NC(=O)NCc4cncs4)c3)n[nH]c2C1. The van der Waals surface area contributed by atoms with Crippen LogP contribution in [0.15, 0.2) is 36.0 Å². The zero-order valence-corrected chi connectivity index (χ0v) is 16.3. The number of nitrogens with one attached hydrogen (secondary N) is 3. The van der Waals surface area contributed by atoms with Gasteiger partial charge in [-0.1, -0.05) is 26.0 Å². The van der Waals surface area contributed by atoms with E-state index >= 15 is 0 Å². The van der Waals surface area contributed by atoms with E-state index in [2.05, 4.69) is 39.7 Å². The Morgan fingerprint density at radius 2 is 2.26 bits per heavy atom. The van der Waals surface area contributed by atoms with E-state index in [-0.39, 0.29) is 6.03 Å². The van der Waals surface area contributed by atoms with Crippen LogP contribution in [0.4, 0.5) is 10.5 Å². The maximum Gasteiger partial charge on any atom is 0.319 e. The third kappa shape index (κ3) is 4.03. The number of hydrogen-bond donors (Lipinski definition) is 3. The molecule has 3 aromatic rings. The van der Waals surface area contributed by atoms with Gasteiger partial charge in [0.05, 0.1) is 17.7 Å². The molecule has 0 fully saturated rings. The fourth-order valence-corrected chi connectivity index (χ4v) is 4.04. The molecule has 7 heteroatoms. The molecule has 0 radical (unpaired) electrons. The number of benzene rings is 1. The first kappa shape index (κ1) is 17.7. The molecule has 3 N–H and O–H groups in total. The predicted octanol–water partition coefficient (Wildman–Crippen LogP) is 4.37. The van der Waals surface area contributed by atoms with Crippen LogP contribution < -0.4 is 10.6 Å². The first-order valence-electron chi connectivity index (χ1n) is 9.09. The van der Waals surface area contributed by atoms with E-state index in [0.717, 1.165) is 41.1 Å². The van der Waals surface area contributed by atoms with Crippen LogP contribution in [-0.2, 0) is 19.4 Å². The van der Waals surface area contributed by atoms with Crippen molar-refractivity contribution in [1.82, 2.24) is 20.5 Å². The van der Waals surface area contributed by atoms with Crippen LogP contribution in [0.3, 0.4) is 0 Å². The average molecular weight is 382 g/mol. The van der Waals surface area contributed by atoms with E-state index < -0.39 is 0 Å². The lowest BCUT2D eigenvalue weighted by Gasteiger charge is -2.29. The summed E-state index contributed by atoms with van der Waals surface area (Å²) in [5.74, 6) is 0. The van der Waals surface area contributed by atoms with Gasteiger partial charge in [-0.2, -0.15) is 5.10 Å². The molecule has 140 valence electrons. The molecule has 0 bridgehead atoms. The van der Waals surface area contributed by atoms with E-state index in [1.165, 1.54) is 22.6 Å². The number of H-pyrrole nitrogens is 1. The van der Waals surface area contributed by atoms with Crippen molar-refractivity contribution in [3.05, 3.63) is 52.1 Å². The fourth-order valence-electron chi connectivity index (χ4n) is 3.50. The second kappa shape index (κ2) is 7.15. The highest BCUT2D eigenvalue weighted by Gasteiger charge is 2.29. The molecule has 2 amide bonds. The number of aromatic amines is 1. The number of rotatable bonds is 4. The van der Waals surface area contributed by atoms with Crippen molar-refractivity contribution in [3.8, 4) is 11.3 Å². The molecule has 0 spiro atoms. The van der Waals surface area contributed by atoms with Crippen molar-refractivity contribution in [2.75, 3.05) is 5.32 Å². The minimum atomic E-state index is -0.230. The zero-order valence-electron chi connectivity index (χ0n) is 15.5. The number of urea groups is 1. The topological polar surface area (TPSA) is 82.7 Å². The molecule has 6 nitrogen and oxygen atoms in total. The number of carbonyl (C=O) groups is 1. The normalized spacial score (nSPS) is 15.2. The Labute approximate surface area is 162 Å². The summed E-state index contributed by atoms with van der Waals surface area (Å²) in [5, 5.41) is 13.5. The molecule has 2 aromatic heterocycles. The van der Waals surface area contributed by atoms with E-state index in [1.54, 1.807) is 11.7 Å². The Bertz CT molecular complexity index is 945. The molecule has 0 unspecified atom stereocenters. The minimum absolute atomic E-state index is 0.230. The predicted molar refractivity (Wildman–Crippen MR) is 108 cm³/mol. The van der Waals surface area contributed by atoms with E-state index in [0.29, 0.717) is 12.0 Å². The Morgan fingerprint density at radius 1 is 1.37 bits per heavy atom. The molecule has 1 aliphatic rings. The maximum absolute atomic E-state index is 12.1. The summed E-state index contributed by atoms with van der Waals surface area (Å²) < 4.78 is 0. The lowest BCUT2D eigenvalue weighted by Crippen LogP contribution is -2.27. The van der Waals surface area contributed by atoms with Gasteiger partial charge in [0.25, 0.3) is 0 Å². The minimum Gasteiger partial charge on any atom is -0.333 e. The first-order chi connectivity index (χ1) is 13.0. The molecule has 1 aliphatic carbocycles. The molecule has 0 aliphatic heterocycles. The van der Waals surface area contributed by atoms with E-state index in [4.69, 9.17) is 0 Å².